The van der Waals surface area contributed by atoms with Crippen molar-refractivity contribution in [3.63, 3.8) is 0 Å². The summed E-state index contributed by atoms with van der Waals surface area (Å²) in [5.74, 6) is 0.433. The monoisotopic (exact) mass is 284 g/mol. The molecule has 4 heteroatoms. The van der Waals surface area contributed by atoms with E-state index in [1.165, 1.54) is 0 Å². The van der Waals surface area contributed by atoms with Gasteiger partial charge in [0.05, 0.1) is 12.2 Å². The predicted octanol–water partition coefficient (Wildman–Crippen LogP) is 3.66. The molecule has 0 unspecified atom stereocenters. The summed E-state index contributed by atoms with van der Waals surface area (Å²) in [6.07, 6.45) is 4.38. The highest BCUT2D eigenvalue weighted by Gasteiger charge is 2.04. The lowest BCUT2D eigenvalue weighted by Crippen LogP contribution is -2.11. The van der Waals surface area contributed by atoms with Gasteiger partial charge >= 0.3 is 5.97 Å². The summed E-state index contributed by atoms with van der Waals surface area (Å²) in [6.45, 7) is 1.47. The number of alkyl halides is 1. The maximum absolute atomic E-state index is 11.6. The Kier molecular flexibility index (Phi) is 9.11. The summed E-state index contributed by atoms with van der Waals surface area (Å²) in [5.41, 5.74) is 0.573. The van der Waals surface area contributed by atoms with Crippen molar-refractivity contribution in [1.82, 2.24) is 0 Å². The van der Waals surface area contributed by atoms with Crippen molar-refractivity contribution in [2.75, 3.05) is 25.7 Å². The first-order valence-electron chi connectivity index (χ1n) is 6.70. The quantitative estimate of drug-likeness (QED) is 0.374. The zero-order valence-corrected chi connectivity index (χ0v) is 11.9. The molecule has 106 valence electrons. The lowest BCUT2D eigenvalue weighted by Gasteiger charge is -2.06. The molecule has 3 nitrogen and oxygen atoms in total. The van der Waals surface area contributed by atoms with Crippen LogP contribution in [0.2, 0.25) is 0 Å². The Balaban J connectivity index is 1.95. The van der Waals surface area contributed by atoms with Gasteiger partial charge in [0.15, 0.2) is 0 Å². The maximum atomic E-state index is 11.6. The van der Waals surface area contributed by atoms with E-state index in [-0.39, 0.29) is 5.97 Å². The van der Waals surface area contributed by atoms with E-state index < -0.39 is 0 Å². The Morgan fingerprint density at radius 1 is 0.947 bits per heavy atom. The molecule has 0 saturated heterocycles. The van der Waals surface area contributed by atoms with E-state index in [1.807, 2.05) is 18.2 Å². The molecule has 1 rings (SSSR count). The molecule has 0 bridgehead atoms. The molecule has 0 N–H and O–H groups in total. The van der Waals surface area contributed by atoms with Gasteiger partial charge < -0.3 is 9.47 Å². The predicted molar refractivity (Wildman–Crippen MR) is 76.7 cm³/mol. The summed E-state index contributed by atoms with van der Waals surface area (Å²) in [7, 11) is 0. The minimum absolute atomic E-state index is 0.300. The van der Waals surface area contributed by atoms with Crippen LogP contribution in [0.4, 0.5) is 0 Å². The van der Waals surface area contributed by atoms with Gasteiger partial charge in [-0.3, -0.25) is 0 Å². The van der Waals surface area contributed by atoms with Crippen LogP contribution in [0.25, 0.3) is 0 Å². The van der Waals surface area contributed by atoms with Crippen molar-refractivity contribution in [3.8, 4) is 0 Å². The fourth-order valence-electron chi connectivity index (χ4n) is 1.61. The Morgan fingerprint density at radius 2 is 1.68 bits per heavy atom. The average Bonchev–Trinajstić information content (AvgIpc) is 2.46. The minimum Gasteiger partial charge on any atom is -0.460 e. The van der Waals surface area contributed by atoms with Crippen molar-refractivity contribution in [3.05, 3.63) is 35.9 Å². The van der Waals surface area contributed by atoms with Gasteiger partial charge in [-0.15, -0.1) is 11.6 Å². The van der Waals surface area contributed by atoms with Crippen LogP contribution in [-0.4, -0.2) is 31.7 Å². The number of hydrogen-bond acceptors (Lipinski definition) is 3. The van der Waals surface area contributed by atoms with E-state index in [0.29, 0.717) is 25.4 Å². The van der Waals surface area contributed by atoms with E-state index in [9.17, 15) is 4.79 Å². The minimum atomic E-state index is -0.300. The molecule has 0 heterocycles. The van der Waals surface area contributed by atoms with Gasteiger partial charge in [0.2, 0.25) is 0 Å². The average molecular weight is 285 g/mol. The van der Waals surface area contributed by atoms with E-state index in [0.717, 1.165) is 31.6 Å². The lowest BCUT2D eigenvalue weighted by atomic mass is 10.2. The number of ether oxygens (including phenoxy) is 2. The molecule has 0 aliphatic rings. The zero-order chi connectivity index (χ0) is 13.8. The van der Waals surface area contributed by atoms with Crippen LogP contribution in [0.3, 0.4) is 0 Å². The lowest BCUT2D eigenvalue weighted by molar-refractivity contribution is 0.0312. The number of hydrogen-bond donors (Lipinski definition) is 0. The van der Waals surface area contributed by atoms with Crippen LogP contribution in [0.15, 0.2) is 30.3 Å². The third kappa shape index (κ3) is 7.85. The Bertz CT molecular complexity index is 341. The first-order chi connectivity index (χ1) is 9.34. The molecule has 1 aromatic rings. The van der Waals surface area contributed by atoms with Crippen LogP contribution < -0.4 is 0 Å². The second-order valence-corrected chi connectivity index (χ2v) is 4.60. The smallest absolute Gasteiger partial charge is 0.338 e. The second kappa shape index (κ2) is 10.8. The fraction of sp³-hybridized carbons (Fsp3) is 0.533. The number of unbranched alkanes of at least 4 members (excludes halogenated alkanes) is 3. The molecule has 19 heavy (non-hydrogen) atoms. The molecule has 0 radical (unpaired) electrons. The van der Waals surface area contributed by atoms with Gasteiger partial charge in [-0.2, -0.15) is 0 Å². The first kappa shape index (κ1) is 16.0. The van der Waals surface area contributed by atoms with Crippen LogP contribution in [0.5, 0.6) is 0 Å². The van der Waals surface area contributed by atoms with Crippen LogP contribution in [-0.2, 0) is 9.47 Å². The van der Waals surface area contributed by atoms with Gasteiger partial charge in [0.25, 0.3) is 0 Å². The number of benzene rings is 1. The normalized spacial score (nSPS) is 10.4. The number of carbonyl (C=O) groups is 1. The summed E-state index contributed by atoms with van der Waals surface area (Å²) >= 11 is 5.58. The van der Waals surface area contributed by atoms with Crippen molar-refractivity contribution < 1.29 is 14.3 Å². The summed E-state index contributed by atoms with van der Waals surface area (Å²) in [5, 5.41) is 0. The van der Waals surface area contributed by atoms with E-state index in [1.54, 1.807) is 12.1 Å². The van der Waals surface area contributed by atoms with Crippen LogP contribution >= 0.6 is 11.6 Å². The molecule has 0 fully saturated rings. The Hall–Kier alpha value is -1.06. The third-order valence-corrected chi connectivity index (χ3v) is 2.91. The summed E-state index contributed by atoms with van der Waals surface area (Å²) < 4.78 is 10.5. The number of carbonyl (C=O) groups excluding carboxylic acids is 1. The Labute approximate surface area is 119 Å². The standard InChI is InChI=1S/C15H21ClO3/c16-10-6-1-2-7-11-18-12-13-19-15(17)14-8-4-3-5-9-14/h3-5,8-9H,1-2,6-7,10-13H2. The van der Waals surface area contributed by atoms with Gasteiger partial charge in [-0.25, -0.2) is 4.79 Å². The van der Waals surface area contributed by atoms with Crippen molar-refractivity contribution in [1.29, 1.82) is 0 Å². The molecule has 1 aromatic carbocycles. The molecule has 0 aromatic heterocycles. The second-order valence-electron chi connectivity index (χ2n) is 4.22. The van der Waals surface area contributed by atoms with Crippen molar-refractivity contribution in [2.24, 2.45) is 0 Å². The van der Waals surface area contributed by atoms with Gasteiger partial charge in [-0.1, -0.05) is 31.0 Å². The van der Waals surface area contributed by atoms with Gasteiger partial charge in [0, 0.05) is 12.5 Å². The van der Waals surface area contributed by atoms with Gasteiger partial charge in [-0.05, 0) is 25.0 Å². The van der Waals surface area contributed by atoms with Crippen LogP contribution in [0.1, 0.15) is 36.0 Å². The molecule has 0 spiro atoms. The summed E-state index contributed by atoms with van der Waals surface area (Å²) in [4.78, 5) is 11.6. The molecular weight excluding hydrogens is 264 g/mol. The molecule has 0 aliphatic heterocycles. The molecule has 0 saturated carbocycles. The highest BCUT2D eigenvalue weighted by atomic mass is 35.5. The molecule has 0 atom stereocenters. The fourth-order valence-corrected chi connectivity index (χ4v) is 1.79. The number of esters is 1. The molecule has 0 amide bonds. The summed E-state index contributed by atoms with van der Waals surface area (Å²) in [6, 6.07) is 8.96. The van der Waals surface area contributed by atoms with Gasteiger partial charge in [0.1, 0.15) is 6.61 Å². The largest absolute Gasteiger partial charge is 0.460 e. The van der Waals surface area contributed by atoms with E-state index >= 15 is 0 Å². The highest BCUT2D eigenvalue weighted by molar-refractivity contribution is 6.17. The van der Waals surface area contributed by atoms with Crippen molar-refractivity contribution in [2.45, 2.75) is 25.7 Å². The molecule has 0 aliphatic carbocycles. The highest BCUT2D eigenvalue weighted by Crippen LogP contribution is 2.02. The Morgan fingerprint density at radius 3 is 2.42 bits per heavy atom. The van der Waals surface area contributed by atoms with Crippen molar-refractivity contribution >= 4 is 17.6 Å². The third-order valence-electron chi connectivity index (χ3n) is 2.64. The van der Waals surface area contributed by atoms with E-state index in [4.69, 9.17) is 21.1 Å². The topological polar surface area (TPSA) is 35.5 Å². The number of rotatable bonds is 10. The maximum Gasteiger partial charge on any atom is 0.338 e. The van der Waals surface area contributed by atoms with Crippen LogP contribution in [0, 0.1) is 0 Å². The van der Waals surface area contributed by atoms with E-state index in [2.05, 4.69) is 0 Å². The SMILES string of the molecule is O=C(OCCOCCCCCCCl)c1ccccc1. The molecular formula is C15H21ClO3. The number of halogens is 1. The zero-order valence-electron chi connectivity index (χ0n) is 11.1. The first-order valence-corrected chi connectivity index (χ1v) is 7.24.